The van der Waals surface area contributed by atoms with Gasteiger partial charge >= 0.3 is 12.0 Å². The first kappa shape index (κ1) is 26.4. The molecule has 0 saturated carbocycles. The van der Waals surface area contributed by atoms with Crippen LogP contribution in [0.25, 0.3) is 11.1 Å². The van der Waals surface area contributed by atoms with E-state index >= 15 is 0 Å². The Balaban J connectivity index is 1.69. The minimum atomic E-state index is -3.90. The summed E-state index contributed by atoms with van der Waals surface area (Å²) in [7, 11) is -2.67. The van der Waals surface area contributed by atoms with Crippen LogP contribution in [0.2, 0.25) is 0 Å². The molecule has 188 valence electrons. The number of ether oxygens (including phenoxy) is 1. The lowest BCUT2D eigenvalue weighted by atomic mass is 10.0. The number of nitrogens with two attached hydrogens (primary N) is 2. The van der Waals surface area contributed by atoms with Gasteiger partial charge in [-0.25, -0.2) is 23.1 Å². The van der Waals surface area contributed by atoms with Crippen LogP contribution in [0.4, 0.5) is 4.79 Å². The fourth-order valence-corrected chi connectivity index (χ4v) is 4.35. The fraction of sp³-hybridized carbons (Fsp3) is 0.160. The van der Waals surface area contributed by atoms with Crippen LogP contribution in [-0.4, -0.2) is 39.4 Å². The molecule has 36 heavy (non-hydrogen) atoms. The maximum absolute atomic E-state index is 12.5. The Morgan fingerprint density at radius 1 is 1.00 bits per heavy atom. The highest BCUT2D eigenvalue weighted by atomic mass is 32.2. The summed E-state index contributed by atoms with van der Waals surface area (Å²) in [5.41, 5.74) is 8.59. The molecule has 3 rings (SSSR count). The van der Waals surface area contributed by atoms with Crippen LogP contribution in [0, 0.1) is 5.41 Å². The highest BCUT2D eigenvalue weighted by molar-refractivity contribution is 7.89. The Morgan fingerprint density at radius 2 is 1.69 bits per heavy atom. The van der Waals surface area contributed by atoms with E-state index in [1.807, 2.05) is 0 Å². The van der Waals surface area contributed by atoms with Crippen molar-refractivity contribution in [2.45, 2.75) is 23.9 Å². The number of sulfonamides is 1. The number of esters is 1. The van der Waals surface area contributed by atoms with E-state index in [1.165, 1.54) is 13.2 Å². The molecule has 10 nitrogen and oxygen atoms in total. The van der Waals surface area contributed by atoms with Gasteiger partial charge < -0.3 is 21.1 Å². The Kier molecular flexibility index (Phi) is 8.41. The summed E-state index contributed by atoms with van der Waals surface area (Å²) in [5.74, 6) is -0.696. The zero-order valence-corrected chi connectivity index (χ0v) is 20.3. The molecule has 1 unspecified atom stereocenters. The van der Waals surface area contributed by atoms with E-state index in [4.69, 9.17) is 21.0 Å². The minimum absolute atomic E-state index is 0.0114. The third-order valence-corrected chi connectivity index (χ3v) is 6.35. The Hall–Kier alpha value is -4.22. The lowest BCUT2D eigenvalue weighted by Gasteiger charge is -2.17. The highest BCUT2D eigenvalue weighted by Crippen LogP contribution is 2.27. The maximum atomic E-state index is 12.5. The van der Waals surface area contributed by atoms with E-state index in [-0.39, 0.29) is 23.7 Å². The number of hydrogen-bond donors (Lipinski definition) is 5. The first-order valence-electron chi connectivity index (χ1n) is 10.8. The van der Waals surface area contributed by atoms with Crippen molar-refractivity contribution in [2.75, 3.05) is 7.11 Å². The van der Waals surface area contributed by atoms with Gasteiger partial charge in [-0.15, -0.1) is 0 Å². The van der Waals surface area contributed by atoms with Crippen LogP contribution in [-0.2, 0) is 32.5 Å². The van der Waals surface area contributed by atoms with Crippen LogP contribution in [0.3, 0.4) is 0 Å². The Morgan fingerprint density at radius 3 is 2.33 bits per heavy atom. The van der Waals surface area contributed by atoms with E-state index in [2.05, 4.69) is 10.6 Å². The molecule has 0 radical (unpaired) electrons. The van der Waals surface area contributed by atoms with Crippen molar-refractivity contribution in [3.8, 4) is 11.1 Å². The number of hydrogen-bond acceptors (Lipinski definition) is 6. The second kappa shape index (κ2) is 11.5. The smallest absolute Gasteiger partial charge is 0.328 e. The quantitative estimate of drug-likeness (QED) is 0.167. The van der Waals surface area contributed by atoms with Crippen LogP contribution in [0.5, 0.6) is 0 Å². The van der Waals surface area contributed by atoms with Crippen molar-refractivity contribution in [1.29, 1.82) is 5.41 Å². The molecule has 11 heteroatoms. The fourth-order valence-electron chi connectivity index (χ4n) is 3.59. The molecule has 0 aromatic heterocycles. The maximum Gasteiger partial charge on any atom is 0.328 e. The van der Waals surface area contributed by atoms with Crippen molar-refractivity contribution >= 4 is 27.9 Å². The van der Waals surface area contributed by atoms with Crippen molar-refractivity contribution in [1.82, 2.24) is 10.6 Å². The lowest BCUT2D eigenvalue weighted by molar-refractivity contribution is -0.142. The number of primary sulfonamides is 1. The average Bonchev–Trinajstić information content (AvgIpc) is 2.86. The van der Waals surface area contributed by atoms with Gasteiger partial charge in [0.1, 0.15) is 11.9 Å². The normalized spacial score (nSPS) is 11.8. The number of nitrogens with one attached hydrogen (secondary N) is 3. The van der Waals surface area contributed by atoms with E-state index in [0.29, 0.717) is 16.7 Å². The molecule has 7 N–H and O–H groups in total. The second-order valence-corrected chi connectivity index (χ2v) is 9.49. The molecule has 0 saturated heterocycles. The highest BCUT2D eigenvalue weighted by Gasteiger charge is 2.22. The molecule has 2 amide bonds. The molecule has 0 aliphatic rings. The van der Waals surface area contributed by atoms with Gasteiger partial charge in [0.2, 0.25) is 10.0 Å². The summed E-state index contributed by atoms with van der Waals surface area (Å²) >= 11 is 0. The van der Waals surface area contributed by atoms with Gasteiger partial charge in [-0.1, -0.05) is 60.7 Å². The van der Waals surface area contributed by atoms with E-state index in [0.717, 1.165) is 11.1 Å². The van der Waals surface area contributed by atoms with E-state index in [9.17, 15) is 18.0 Å². The second-order valence-electron chi connectivity index (χ2n) is 7.96. The number of carbonyl (C=O) groups is 2. The molecule has 0 fully saturated rings. The van der Waals surface area contributed by atoms with Gasteiger partial charge in [-0.05, 0) is 28.8 Å². The standard InChI is InChI=1S/C25H27N5O5S/c1-35-24(31)21(30-25(32)29-15-17-5-4-6-19(13-17)23(26)27)14-16-9-11-18(12-10-16)20-7-2-3-8-22(20)36(28,33)34/h2-13,21H,14-15H2,1H3,(H3,26,27)(H2,28,33,34)(H2,29,30,32). The van der Waals surface area contributed by atoms with Gasteiger partial charge in [-0.3, -0.25) is 5.41 Å². The Labute approximate surface area is 209 Å². The first-order chi connectivity index (χ1) is 17.1. The summed E-state index contributed by atoms with van der Waals surface area (Å²) in [6, 6.07) is 18.7. The zero-order chi connectivity index (χ0) is 26.3. The van der Waals surface area contributed by atoms with E-state index in [1.54, 1.807) is 66.7 Å². The molecular weight excluding hydrogens is 482 g/mol. The third-order valence-electron chi connectivity index (χ3n) is 5.38. The van der Waals surface area contributed by atoms with Crippen molar-refractivity contribution < 1.29 is 22.7 Å². The predicted octanol–water partition coefficient (Wildman–Crippen LogP) is 1.87. The van der Waals surface area contributed by atoms with Crippen molar-refractivity contribution in [3.05, 3.63) is 89.5 Å². The van der Waals surface area contributed by atoms with Gasteiger partial charge in [0.05, 0.1) is 12.0 Å². The topological polar surface area (TPSA) is 177 Å². The third kappa shape index (κ3) is 6.90. The number of methoxy groups -OCH3 is 1. The molecule has 0 aliphatic carbocycles. The summed E-state index contributed by atoms with van der Waals surface area (Å²) in [6.07, 6.45) is 0.150. The molecule has 0 bridgehead atoms. The summed E-state index contributed by atoms with van der Waals surface area (Å²) in [6.45, 7) is 0.166. The SMILES string of the molecule is COC(=O)C(Cc1ccc(-c2ccccc2S(N)(=O)=O)cc1)NC(=O)NCc1cccc(C(=N)N)c1. The van der Waals surface area contributed by atoms with Crippen LogP contribution >= 0.6 is 0 Å². The largest absolute Gasteiger partial charge is 0.467 e. The van der Waals surface area contributed by atoms with Gasteiger partial charge in [-0.2, -0.15) is 0 Å². The Bertz CT molecular complexity index is 1370. The van der Waals surface area contributed by atoms with E-state index < -0.39 is 28.1 Å². The van der Waals surface area contributed by atoms with Crippen LogP contribution < -0.4 is 21.5 Å². The van der Waals surface area contributed by atoms with Gasteiger partial charge in [0.15, 0.2) is 0 Å². The lowest BCUT2D eigenvalue weighted by Crippen LogP contribution is -2.47. The summed E-state index contributed by atoms with van der Waals surface area (Å²) in [4.78, 5) is 24.8. The summed E-state index contributed by atoms with van der Waals surface area (Å²) < 4.78 is 28.6. The van der Waals surface area contributed by atoms with Gasteiger partial charge in [0, 0.05) is 24.1 Å². The van der Waals surface area contributed by atoms with Crippen molar-refractivity contribution in [2.24, 2.45) is 10.9 Å². The number of amidine groups is 1. The predicted molar refractivity (Wildman–Crippen MR) is 136 cm³/mol. The average molecular weight is 510 g/mol. The zero-order valence-electron chi connectivity index (χ0n) is 19.5. The molecule has 3 aromatic carbocycles. The molecule has 3 aromatic rings. The minimum Gasteiger partial charge on any atom is -0.467 e. The summed E-state index contributed by atoms with van der Waals surface area (Å²) in [5, 5.41) is 18.1. The number of carbonyl (C=O) groups excluding carboxylic acids is 2. The number of rotatable bonds is 9. The number of benzene rings is 3. The molecule has 0 heterocycles. The molecular formula is C25H27N5O5S. The van der Waals surface area contributed by atoms with Gasteiger partial charge in [0.25, 0.3) is 0 Å². The number of nitrogen functional groups attached to an aromatic ring is 1. The van der Waals surface area contributed by atoms with Crippen molar-refractivity contribution in [3.63, 3.8) is 0 Å². The molecule has 0 aliphatic heterocycles. The monoisotopic (exact) mass is 509 g/mol. The molecule has 1 atom stereocenters. The number of amides is 2. The first-order valence-corrected chi connectivity index (χ1v) is 12.4. The molecule has 0 spiro atoms. The number of urea groups is 1. The van der Waals surface area contributed by atoms with Crippen LogP contribution in [0.15, 0.2) is 77.7 Å². The van der Waals surface area contributed by atoms with Crippen LogP contribution in [0.1, 0.15) is 16.7 Å².